The third kappa shape index (κ3) is 4.92. The van der Waals surface area contributed by atoms with Crippen LogP contribution in [-0.2, 0) is 0 Å². The fourth-order valence-corrected chi connectivity index (χ4v) is 3.36. The van der Waals surface area contributed by atoms with Crippen molar-refractivity contribution in [2.45, 2.75) is 57.9 Å². The molecule has 1 aliphatic rings. The Balaban J connectivity index is 2.01. The van der Waals surface area contributed by atoms with Crippen LogP contribution in [0, 0.1) is 5.92 Å². The second-order valence-corrected chi connectivity index (χ2v) is 7.11. The maximum absolute atomic E-state index is 3.62. The van der Waals surface area contributed by atoms with Crippen LogP contribution in [-0.4, -0.2) is 12.6 Å². The third-order valence-corrected chi connectivity index (χ3v) is 4.74. The molecule has 1 aromatic rings. The zero-order valence-electron chi connectivity index (χ0n) is 12.2. The lowest BCUT2D eigenvalue weighted by Gasteiger charge is -2.23. The zero-order valence-corrected chi connectivity index (χ0v) is 13.7. The normalized spacial score (nSPS) is 18.1. The minimum absolute atomic E-state index is 0.571. The smallest absolute Gasteiger partial charge is 0.0175 e. The first-order valence-electron chi connectivity index (χ1n) is 7.64. The van der Waals surface area contributed by atoms with E-state index in [1.54, 1.807) is 0 Å². The average Bonchev–Trinajstić information content (AvgIpc) is 2.88. The van der Waals surface area contributed by atoms with Crippen LogP contribution in [0.25, 0.3) is 0 Å². The molecule has 2 rings (SSSR count). The van der Waals surface area contributed by atoms with Crippen molar-refractivity contribution in [2.24, 2.45) is 5.92 Å². The Morgan fingerprint density at radius 1 is 1.16 bits per heavy atom. The molecule has 0 aliphatic heterocycles. The average molecular weight is 324 g/mol. The van der Waals surface area contributed by atoms with E-state index in [0.29, 0.717) is 12.0 Å². The largest absolute Gasteiger partial charge is 0.314 e. The van der Waals surface area contributed by atoms with Gasteiger partial charge in [0.25, 0.3) is 0 Å². The van der Waals surface area contributed by atoms with Crippen molar-refractivity contribution in [1.29, 1.82) is 0 Å². The Labute approximate surface area is 126 Å². The van der Waals surface area contributed by atoms with Crippen molar-refractivity contribution in [1.82, 2.24) is 5.32 Å². The highest BCUT2D eigenvalue weighted by Gasteiger charge is 2.21. The summed E-state index contributed by atoms with van der Waals surface area (Å²) >= 11 is 3.53. The van der Waals surface area contributed by atoms with E-state index in [1.165, 1.54) is 42.1 Å². The molecule has 1 nitrogen and oxygen atoms in total. The molecule has 1 saturated carbocycles. The van der Waals surface area contributed by atoms with E-state index in [9.17, 15) is 0 Å². The summed E-state index contributed by atoms with van der Waals surface area (Å²) in [6.07, 6.45) is 7.11. The third-order valence-electron chi connectivity index (χ3n) is 4.21. The van der Waals surface area contributed by atoms with Gasteiger partial charge in [0.1, 0.15) is 0 Å². The maximum Gasteiger partial charge on any atom is 0.0175 e. The van der Waals surface area contributed by atoms with Gasteiger partial charge in [0.15, 0.2) is 0 Å². The molecule has 0 saturated heterocycles. The summed E-state index contributed by atoms with van der Waals surface area (Å²) in [5.74, 6) is 1.61. The standard InChI is InChI=1S/C17H26BrN/c1-13(2)19-12-16(11-14-5-3-4-6-14)15-7-9-17(18)10-8-15/h7-10,13-14,16,19H,3-6,11-12H2,1-2H3. The first kappa shape index (κ1) is 15.1. The molecule has 1 aromatic carbocycles. The molecule has 0 spiro atoms. The Hall–Kier alpha value is -0.340. The highest BCUT2D eigenvalue weighted by molar-refractivity contribution is 9.10. The highest BCUT2D eigenvalue weighted by atomic mass is 79.9. The lowest BCUT2D eigenvalue weighted by molar-refractivity contribution is 0.416. The molecule has 1 fully saturated rings. The Morgan fingerprint density at radius 2 is 1.79 bits per heavy atom. The van der Waals surface area contributed by atoms with Gasteiger partial charge in [-0.15, -0.1) is 0 Å². The van der Waals surface area contributed by atoms with Crippen LogP contribution in [0.3, 0.4) is 0 Å². The molecule has 0 radical (unpaired) electrons. The predicted molar refractivity (Wildman–Crippen MR) is 86.6 cm³/mol. The molecular formula is C17H26BrN. The van der Waals surface area contributed by atoms with Crippen LogP contribution in [0.2, 0.25) is 0 Å². The highest BCUT2D eigenvalue weighted by Crippen LogP contribution is 2.34. The van der Waals surface area contributed by atoms with Gasteiger partial charge in [-0.05, 0) is 36.0 Å². The fourth-order valence-electron chi connectivity index (χ4n) is 3.10. The van der Waals surface area contributed by atoms with E-state index in [2.05, 4.69) is 59.4 Å². The molecule has 1 aliphatic carbocycles. The van der Waals surface area contributed by atoms with Gasteiger partial charge in [-0.3, -0.25) is 0 Å². The van der Waals surface area contributed by atoms with Gasteiger partial charge in [0.05, 0.1) is 0 Å². The minimum atomic E-state index is 0.571. The van der Waals surface area contributed by atoms with E-state index in [-0.39, 0.29) is 0 Å². The van der Waals surface area contributed by atoms with Crippen molar-refractivity contribution in [2.75, 3.05) is 6.54 Å². The van der Waals surface area contributed by atoms with Crippen LogP contribution in [0.4, 0.5) is 0 Å². The number of hydrogen-bond donors (Lipinski definition) is 1. The van der Waals surface area contributed by atoms with E-state index in [4.69, 9.17) is 0 Å². The summed E-state index contributed by atoms with van der Waals surface area (Å²) in [6.45, 7) is 5.57. The Kier molecular flexibility index (Phi) is 5.90. The molecule has 2 heteroatoms. The molecule has 0 heterocycles. The molecule has 1 atom stereocenters. The second kappa shape index (κ2) is 7.44. The summed E-state index contributed by atoms with van der Waals surface area (Å²) in [7, 11) is 0. The van der Waals surface area contributed by atoms with Crippen LogP contribution >= 0.6 is 15.9 Å². The van der Waals surface area contributed by atoms with Crippen LogP contribution < -0.4 is 5.32 Å². The maximum atomic E-state index is 3.62. The quantitative estimate of drug-likeness (QED) is 0.766. The molecule has 0 amide bonds. The van der Waals surface area contributed by atoms with Crippen molar-refractivity contribution in [3.05, 3.63) is 34.3 Å². The van der Waals surface area contributed by atoms with Gasteiger partial charge in [-0.25, -0.2) is 0 Å². The summed E-state index contributed by atoms with van der Waals surface area (Å²) in [6, 6.07) is 9.48. The van der Waals surface area contributed by atoms with E-state index in [0.717, 1.165) is 12.5 Å². The van der Waals surface area contributed by atoms with Crippen LogP contribution in [0.15, 0.2) is 28.7 Å². The van der Waals surface area contributed by atoms with Gasteiger partial charge >= 0.3 is 0 Å². The first-order valence-corrected chi connectivity index (χ1v) is 8.43. The van der Waals surface area contributed by atoms with Crippen molar-refractivity contribution in [3.8, 4) is 0 Å². The fraction of sp³-hybridized carbons (Fsp3) is 0.647. The van der Waals surface area contributed by atoms with Gasteiger partial charge < -0.3 is 5.32 Å². The second-order valence-electron chi connectivity index (χ2n) is 6.20. The Morgan fingerprint density at radius 3 is 2.37 bits per heavy atom. The summed E-state index contributed by atoms with van der Waals surface area (Å²) < 4.78 is 1.17. The summed E-state index contributed by atoms with van der Waals surface area (Å²) in [4.78, 5) is 0. The summed E-state index contributed by atoms with van der Waals surface area (Å²) in [5.41, 5.74) is 1.49. The molecule has 1 unspecified atom stereocenters. The predicted octanol–water partition coefficient (Wildman–Crippen LogP) is 5.11. The van der Waals surface area contributed by atoms with Crippen molar-refractivity contribution in [3.63, 3.8) is 0 Å². The van der Waals surface area contributed by atoms with Crippen molar-refractivity contribution >= 4 is 15.9 Å². The molecular weight excluding hydrogens is 298 g/mol. The number of nitrogens with one attached hydrogen (secondary N) is 1. The number of halogens is 1. The van der Waals surface area contributed by atoms with Crippen molar-refractivity contribution < 1.29 is 0 Å². The number of rotatable bonds is 6. The summed E-state index contributed by atoms with van der Waals surface area (Å²) in [5, 5.41) is 3.62. The lowest BCUT2D eigenvalue weighted by atomic mass is 9.87. The van der Waals surface area contributed by atoms with Gasteiger partial charge in [-0.2, -0.15) is 0 Å². The van der Waals surface area contributed by atoms with Gasteiger partial charge in [0, 0.05) is 17.1 Å². The minimum Gasteiger partial charge on any atom is -0.314 e. The number of benzene rings is 1. The van der Waals surface area contributed by atoms with Gasteiger partial charge in [-0.1, -0.05) is 67.6 Å². The number of hydrogen-bond acceptors (Lipinski definition) is 1. The van der Waals surface area contributed by atoms with Crippen LogP contribution in [0.5, 0.6) is 0 Å². The molecule has 19 heavy (non-hydrogen) atoms. The van der Waals surface area contributed by atoms with E-state index < -0.39 is 0 Å². The first-order chi connectivity index (χ1) is 9.15. The van der Waals surface area contributed by atoms with Gasteiger partial charge in [0.2, 0.25) is 0 Å². The van der Waals surface area contributed by atoms with Crippen LogP contribution in [0.1, 0.15) is 57.4 Å². The topological polar surface area (TPSA) is 12.0 Å². The SMILES string of the molecule is CC(C)NCC(CC1CCCC1)c1ccc(Br)cc1. The van der Waals surface area contributed by atoms with E-state index in [1.807, 2.05) is 0 Å². The lowest BCUT2D eigenvalue weighted by Crippen LogP contribution is -2.28. The molecule has 106 valence electrons. The van der Waals surface area contributed by atoms with E-state index >= 15 is 0 Å². The zero-order chi connectivity index (χ0) is 13.7. The molecule has 1 N–H and O–H groups in total. The molecule has 0 aromatic heterocycles. The Bertz CT molecular complexity index is 365. The molecule has 0 bridgehead atoms. The monoisotopic (exact) mass is 323 g/mol.